The Hall–Kier alpha value is -1.08. The lowest BCUT2D eigenvalue weighted by molar-refractivity contribution is -0.894. The molecule has 0 radical (unpaired) electrons. The summed E-state index contributed by atoms with van der Waals surface area (Å²) in [4.78, 5) is 13.1. The van der Waals surface area contributed by atoms with Crippen molar-refractivity contribution in [1.82, 2.24) is 15.5 Å². The summed E-state index contributed by atoms with van der Waals surface area (Å²) in [6.45, 7) is 3.96. The highest BCUT2D eigenvalue weighted by molar-refractivity contribution is 8.00. The van der Waals surface area contributed by atoms with Gasteiger partial charge in [-0.05, 0) is 19.8 Å². The third-order valence-electron chi connectivity index (χ3n) is 3.40. The quantitative estimate of drug-likeness (QED) is 0.714. The van der Waals surface area contributed by atoms with Gasteiger partial charge in [-0.2, -0.15) is 0 Å². The maximum Gasteiger partial charge on any atom is 0.277 e. The van der Waals surface area contributed by atoms with Gasteiger partial charge in [0.05, 0.1) is 19.3 Å². The number of hydrogen-bond donors (Lipinski definition) is 2. The molecule has 0 bridgehead atoms. The second-order valence-electron chi connectivity index (χ2n) is 5.49. The second-order valence-corrected chi connectivity index (χ2v) is 6.78. The molecule has 0 aliphatic heterocycles. The number of nitrogens with zero attached hydrogens (tertiary/aromatic N) is 2. The Morgan fingerprint density at radius 3 is 2.75 bits per heavy atom. The summed E-state index contributed by atoms with van der Waals surface area (Å²) in [6, 6.07) is 0.582. The van der Waals surface area contributed by atoms with Crippen LogP contribution in [0.4, 0.5) is 0 Å². The molecule has 1 aromatic rings. The highest BCUT2D eigenvalue weighted by Crippen LogP contribution is 2.25. The molecule has 1 heterocycles. The molecule has 112 valence electrons. The van der Waals surface area contributed by atoms with Gasteiger partial charge in [-0.3, -0.25) is 4.79 Å². The summed E-state index contributed by atoms with van der Waals surface area (Å²) < 4.78 is 5.68. The Balaban J connectivity index is 1.92. The maximum absolute atomic E-state index is 11.9. The molecule has 0 saturated heterocycles. The minimum absolute atomic E-state index is 0.0440. The average molecular weight is 299 g/mol. The molecule has 6 nitrogen and oxygen atoms in total. The van der Waals surface area contributed by atoms with Crippen LogP contribution in [0.3, 0.4) is 0 Å². The number of hydrogen-bond acceptors (Lipinski definition) is 5. The number of nitrogens with one attached hydrogen (secondary N) is 2. The Kier molecular flexibility index (Phi) is 5.04. The zero-order chi connectivity index (χ0) is 14.7. The van der Waals surface area contributed by atoms with Crippen molar-refractivity contribution in [3.8, 4) is 0 Å². The van der Waals surface area contributed by atoms with Crippen molar-refractivity contribution in [1.29, 1.82) is 0 Å². The molecule has 0 spiro atoms. The van der Waals surface area contributed by atoms with Gasteiger partial charge >= 0.3 is 0 Å². The van der Waals surface area contributed by atoms with Gasteiger partial charge in [0.25, 0.3) is 11.1 Å². The first-order chi connectivity index (χ1) is 9.51. The number of carbonyl (C=O) groups is 1. The molecule has 20 heavy (non-hydrogen) atoms. The van der Waals surface area contributed by atoms with Gasteiger partial charge in [-0.25, -0.2) is 0 Å². The molecule has 2 atom stereocenters. The molecule has 1 aliphatic rings. The van der Waals surface area contributed by atoms with E-state index in [1.54, 1.807) is 0 Å². The van der Waals surface area contributed by atoms with E-state index in [-0.39, 0.29) is 17.2 Å². The topological polar surface area (TPSA) is 72.5 Å². The fourth-order valence-electron chi connectivity index (χ4n) is 1.99. The van der Waals surface area contributed by atoms with Crippen LogP contribution in [0, 0.1) is 0 Å². The summed E-state index contributed by atoms with van der Waals surface area (Å²) in [5.74, 6) is 0.687. The minimum Gasteiger partial charge on any atom is -0.410 e. The molecule has 0 unspecified atom stereocenters. The van der Waals surface area contributed by atoms with Gasteiger partial charge < -0.3 is 14.6 Å². The zero-order valence-electron chi connectivity index (χ0n) is 12.5. The summed E-state index contributed by atoms with van der Waals surface area (Å²) >= 11 is 1.32. The Morgan fingerprint density at radius 2 is 2.20 bits per heavy atom. The molecular formula is C13H23N4O2S+. The number of aromatic nitrogens is 2. The van der Waals surface area contributed by atoms with Crippen LogP contribution in [0.15, 0.2) is 9.64 Å². The SMILES string of the molecule is CC[C@@H](c1nnc(S[C@@H](C)C(=O)NC2CC2)o1)[NH+](C)C. The van der Waals surface area contributed by atoms with E-state index in [2.05, 4.69) is 36.5 Å². The fraction of sp³-hybridized carbons (Fsp3) is 0.769. The van der Waals surface area contributed by atoms with Crippen LogP contribution in [0.5, 0.6) is 0 Å². The highest BCUT2D eigenvalue weighted by atomic mass is 32.2. The van der Waals surface area contributed by atoms with Gasteiger partial charge in [0.2, 0.25) is 5.91 Å². The largest absolute Gasteiger partial charge is 0.410 e. The van der Waals surface area contributed by atoms with Gasteiger partial charge in [-0.15, -0.1) is 10.2 Å². The molecule has 7 heteroatoms. The van der Waals surface area contributed by atoms with Crippen LogP contribution in [0.2, 0.25) is 0 Å². The van der Waals surface area contributed by atoms with Crippen LogP contribution in [-0.2, 0) is 4.79 Å². The third kappa shape index (κ3) is 3.96. The monoisotopic (exact) mass is 299 g/mol. The van der Waals surface area contributed by atoms with Crippen LogP contribution in [0.25, 0.3) is 0 Å². The van der Waals surface area contributed by atoms with Gasteiger partial charge in [0.15, 0.2) is 6.04 Å². The van der Waals surface area contributed by atoms with Crippen molar-refractivity contribution in [2.75, 3.05) is 14.1 Å². The molecule has 1 aliphatic carbocycles. The van der Waals surface area contributed by atoms with E-state index in [1.165, 1.54) is 16.7 Å². The van der Waals surface area contributed by atoms with Crippen LogP contribution in [-0.4, -0.2) is 41.5 Å². The Morgan fingerprint density at radius 1 is 1.50 bits per heavy atom. The molecule has 1 fully saturated rings. The van der Waals surface area contributed by atoms with Crippen molar-refractivity contribution in [3.63, 3.8) is 0 Å². The zero-order valence-corrected chi connectivity index (χ0v) is 13.3. The number of carbonyl (C=O) groups excluding carboxylic acids is 1. The molecule has 1 aromatic heterocycles. The number of amides is 1. The summed E-state index contributed by atoms with van der Waals surface area (Å²) in [6.07, 6.45) is 3.13. The van der Waals surface area contributed by atoms with E-state index < -0.39 is 0 Å². The third-order valence-corrected chi connectivity index (χ3v) is 4.33. The van der Waals surface area contributed by atoms with Crippen LogP contribution < -0.4 is 10.2 Å². The molecule has 1 amide bonds. The Labute approximate surface area is 123 Å². The highest BCUT2D eigenvalue weighted by Gasteiger charge is 2.28. The Bertz CT molecular complexity index is 459. The fourth-order valence-corrected chi connectivity index (χ4v) is 2.69. The minimum atomic E-state index is -0.212. The maximum atomic E-state index is 11.9. The lowest BCUT2D eigenvalue weighted by atomic mass is 10.2. The van der Waals surface area contributed by atoms with E-state index in [9.17, 15) is 4.79 Å². The standard InChI is InChI=1S/C13H22N4O2S/c1-5-10(17(3)4)12-15-16-13(19-12)20-8(2)11(18)14-9-6-7-9/h8-10H,5-7H2,1-4H3,(H,14,18)/p+1/t8-,10-/m0/s1. The van der Waals surface area contributed by atoms with Crippen molar-refractivity contribution in [3.05, 3.63) is 5.89 Å². The van der Waals surface area contributed by atoms with Gasteiger partial charge in [-0.1, -0.05) is 18.7 Å². The van der Waals surface area contributed by atoms with Crippen molar-refractivity contribution < 1.29 is 14.1 Å². The molecule has 2 N–H and O–H groups in total. The molecule has 0 aromatic carbocycles. The average Bonchev–Trinajstić information content (AvgIpc) is 3.09. The smallest absolute Gasteiger partial charge is 0.277 e. The normalized spacial score (nSPS) is 18.1. The van der Waals surface area contributed by atoms with E-state index in [1.807, 2.05) is 6.92 Å². The molecule has 2 rings (SSSR count). The first-order valence-electron chi connectivity index (χ1n) is 7.11. The number of quaternary nitrogens is 1. The van der Waals surface area contributed by atoms with Crippen molar-refractivity contribution >= 4 is 17.7 Å². The predicted molar refractivity (Wildman–Crippen MR) is 76.6 cm³/mol. The second kappa shape index (κ2) is 6.58. The van der Waals surface area contributed by atoms with E-state index in [0.717, 1.165) is 19.3 Å². The van der Waals surface area contributed by atoms with Gasteiger partial charge in [0.1, 0.15) is 0 Å². The molecular weight excluding hydrogens is 276 g/mol. The summed E-state index contributed by atoms with van der Waals surface area (Å²) in [5.41, 5.74) is 0. The van der Waals surface area contributed by atoms with Crippen LogP contribution >= 0.6 is 11.8 Å². The first kappa shape index (κ1) is 15.3. The molecule has 1 saturated carbocycles. The van der Waals surface area contributed by atoms with Crippen molar-refractivity contribution in [2.45, 2.75) is 55.7 Å². The van der Waals surface area contributed by atoms with Crippen LogP contribution in [0.1, 0.15) is 45.0 Å². The van der Waals surface area contributed by atoms with E-state index >= 15 is 0 Å². The predicted octanol–water partition coefficient (Wildman–Crippen LogP) is 0.424. The van der Waals surface area contributed by atoms with Crippen molar-refractivity contribution in [2.24, 2.45) is 0 Å². The summed E-state index contributed by atoms with van der Waals surface area (Å²) in [5, 5.41) is 11.4. The van der Waals surface area contributed by atoms with Gasteiger partial charge in [0, 0.05) is 12.5 Å². The summed E-state index contributed by atoms with van der Waals surface area (Å²) in [7, 11) is 4.13. The number of thioether (sulfide) groups is 1. The van der Waals surface area contributed by atoms with E-state index in [0.29, 0.717) is 17.2 Å². The number of rotatable bonds is 7. The van der Waals surface area contributed by atoms with E-state index in [4.69, 9.17) is 4.42 Å². The first-order valence-corrected chi connectivity index (χ1v) is 7.99. The lowest BCUT2D eigenvalue weighted by Crippen LogP contribution is -3.06. The lowest BCUT2D eigenvalue weighted by Gasteiger charge is -2.15.